The molecule has 1 heterocycles. The topological polar surface area (TPSA) is 125 Å². The van der Waals surface area contributed by atoms with Crippen LogP contribution < -0.4 is 15.8 Å². The van der Waals surface area contributed by atoms with Gasteiger partial charge >= 0.3 is 5.97 Å². The van der Waals surface area contributed by atoms with Crippen LogP contribution in [0.25, 0.3) is 0 Å². The molecule has 9 heteroatoms. The summed E-state index contributed by atoms with van der Waals surface area (Å²) >= 11 is 1.33. The monoisotopic (exact) mass is 402 g/mol. The van der Waals surface area contributed by atoms with E-state index in [0.717, 1.165) is 29.7 Å². The van der Waals surface area contributed by atoms with Crippen molar-refractivity contribution in [1.82, 2.24) is 0 Å². The van der Waals surface area contributed by atoms with Crippen molar-refractivity contribution < 1.29 is 28.7 Å². The number of esters is 1. The third-order valence-corrected chi connectivity index (χ3v) is 5.37. The molecule has 0 bridgehead atoms. The Labute approximate surface area is 164 Å². The minimum Gasteiger partial charge on any atom is -0.482 e. The summed E-state index contributed by atoms with van der Waals surface area (Å²) in [7, 11) is 0. The lowest BCUT2D eigenvalue weighted by Gasteiger charge is -2.08. The van der Waals surface area contributed by atoms with E-state index in [1.165, 1.54) is 11.3 Å². The van der Waals surface area contributed by atoms with Crippen molar-refractivity contribution in [3.8, 4) is 5.75 Å². The maximum atomic E-state index is 12.1. The number of fused-ring (bicyclic) bond motifs is 1. The minimum atomic E-state index is -0.724. The second-order valence-electron chi connectivity index (χ2n) is 6.11. The Morgan fingerprint density at radius 2 is 1.89 bits per heavy atom. The fourth-order valence-corrected chi connectivity index (χ4v) is 4.20. The summed E-state index contributed by atoms with van der Waals surface area (Å²) in [6, 6.07) is 6.20. The van der Waals surface area contributed by atoms with Crippen molar-refractivity contribution in [3.63, 3.8) is 0 Å². The number of benzene rings is 1. The van der Waals surface area contributed by atoms with E-state index in [-0.39, 0.29) is 6.61 Å². The first-order valence-electron chi connectivity index (χ1n) is 8.55. The maximum Gasteiger partial charge on any atom is 0.344 e. The van der Waals surface area contributed by atoms with Crippen LogP contribution in [-0.4, -0.2) is 37.3 Å². The van der Waals surface area contributed by atoms with Gasteiger partial charge in [-0.05, 0) is 49.1 Å². The zero-order chi connectivity index (χ0) is 20.1. The lowest BCUT2D eigenvalue weighted by Crippen LogP contribution is -2.24. The number of anilines is 1. The van der Waals surface area contributed by atoms with Gasteiger partial charge in [-0.2, -0.15) is 0 Å². The third-order valence-electron chi connectivity index (χ3n) is 4.16. The first-order valence-corrected chi connectivity index (χ1v) is 9.37. The lowest BCUT2D eigenvalue weighted by molar-refractivity contribution is -0.149. The fourth-order valence-electron chi connectivity index (χ4n) is 2.89. The predicted octanol–water partition coefficient (Wildman–Crippen LogP) is 1.71. The number of nitrogens with two attached hydrogens (primary N) is 1. The van der Waals surface area contributed by atoms with Gasteiger partial charge in [-0.25, -0.2) is 4.79 Å². The smallest absolute Gasteiger partial charge is 0.344 e. The molecule has 0 spiro atoms. The Kier molecular flexibility index (Phi) is 6.05. The maximum absolute atomic E-state index is 12.1. The minimum absolute atomic E-state index is 0.347. The number of aldehydes is 1. The van der Waals surface area contributed by atoms with Gasteiger partial charge in [0.1, 0.15) is 17.0 Å². The normalized spacial score (nSPS) is 12.1. The Morgan fingerprint density at radius 3 is 2.57 bits per heavy atom. The number of hydrogen-bond donors (Lipinski definition) is 2. The second-order valence-corrected chi connectivity index (χ2v) is 7.22. The summed E-state index contributed by atoms with van der Waals surface area (Å²) in [4.78, 5) is 47.1. The standard InChI is InChI=1S/C19H18N2O6S/c20-18(25)17-13-2-1-3-14(13)28-19(17)21-15(23)9-27-16(24)10-26-12-6-4-11(8-22)5-7-12/h4-8H,1-3,9-10H2,(H2,20,25)(H,21,23). The van der Waals surface area contributed by atoms with E-state index in [4.69, 9.17) is 15.2 Å². The van der Waals surface area contributed by atoms with Gasteiger partial charge in [0, 0.05) is 10.4 Å². The third kappa shape index (κ3) is 4.55. The average Bonchev–Trinajstić information content (AvgIpc) is 3.25. The van der Waals surface area contributed by atoms with Crippen LogP contribution in [0.3, 0.4) is 0 Å². The largest absolute Gasteiger partial charge is 0.482 e. The second kappa shape index (κ2) is 8.66. The molecule has 146 valence electrons. The van der Waals surface area contributed by atoms with Crippen molar-refractivity contribution >= 4 is 40.4 Å². The van der Waals surface area contributed by atoms with Gasteiger partial charge in [-0.3, -0.25) is 14.4 Å². The molecule has 1 aliphatic carbocycles. The Bertz CT molecular complexity index is 919. The van der Waals surface area contributed by atoms with Crippen molar-refractivity contribution in [2.45, 2.75) is 19.3 Å². The van der Waals surface area contributed by atoms with E-state index in [0.29, 0.717) is 28.2 Å². The fraction of sp³-hybridized carbons (Fsp3) is 0.263. The SMILES string of the molecule is NC(=O)c1c(NC(=O)COC(=O)COc2ccc(C=O)cc2)sc2c1CCC2. The van der Waals surface area contributed by atoms with Gasteiger partial charge in [0.05, 0.1) is 5.56 Å². The van der Waals surface area contributed by atoms with Gasteiger partial charge in [-0.15, -0.1) is 11.3 Å². The summed E-state index contributed by atoms with van der Waals surface area (Å²) in [6.07, 6.45) is 3.28. The van der Waals surface area contributed by atoms with E-state index in [2.05, 4.69) is 5.32 Å². The molecule has 8 nitrogen and oxygen atoms in total. The number of aryl methyl sites for hydroxylation is 1. The van der Waals surface area contributed by atoms with E-state index < -0.39 is 24.4 Å². The predicted molar refractivity (Wildman–Crippen MR) is 102 cm³/mol. The molecule has 2 amide bonds. The molecule has 0 fully saturated rings. The van der Waals surface area contributed by atoms with Crippen molar-refractivity contribution in [3.05, 3.63) is 45.8 Å². The molecule has 2 aromatic rings. The lowest BCUT2D eigenvalue weighted by atomic mass is 10.1. The molecule has 0 radical (unpaired) electrons. The molecule has 0 saturated carbocycles. The van der Waals surface area contributed by atoms with E-state index >= 15 is 0 Å². The zero-order valence-corrected chi connectivity index (χ0v) is 15.7. The average molecular weight is 402 g/mol. The molecule has 3 rings (SSSR count). The quantitative estimate of drug-likeness (QED) is 0.512. The van der Waals surface area contributed by atoms with Crippen LogP contribution in [0.15, 0.2) is 24.3 Å². The van der Waals surface area contributed by atoms with Crippen LogP contribution in [-0.2, 0) is 27.2 Å². The molecule has 0 aliphatic heterocycles. The molecule has 28 heavy (non-hydrogen) atoms. The molecule has 0 atom stereocenters. The van der Waals surface area contributed by atoms with E-state index in [1.807, 2.05) is 0 Å². The van der Waals surface area contributed by atoms with Crippen LogP contribution in [0.4, 0.5) is 5.00 Å². The summed E-state index contributed by atoms with van der Waals surface area (Å²) in [6.45, 7) is -0.888. The number of primary amides is 1. The van der Waals surface area contributed by atoms with Gasteiger partial charge in [0.2, 0.25) is 0 Å². The van der Waals surface area contributed by atoms with Gasteiger partial charge in [-0.1, -0.05) is 0 Å². The summed E-state index contributed by atoms with van der Waals surface area (Å²) < 4.78 is 10.1. The molecular weight excluding hydrogens is 384 g/mol. The van der Waals surface area contributed by atoms with Crippen LogP contribution in [0, 0.1) is 0 Å². The van der Waals surface area contributed by atoms with Gasteiger partial charge < -0.3 is 20.5 Å². The molecule has 1 aromatic heterocycles. The first kappa shape index (κ1) is 19.6. The molecule has 0 saturated heterocycles. The number of carbonyl (C=O) groups excluding carboxylic acids is 4. The summed E-state index contributed by atoms with van der Waals surface area (Å²) in [5.74, 6) is -1.48. The summed E-state index contributed by atoms with van der Waals surface area (Å²) in [5.41, 5.74) is 7.17. The van der Waals surface area contributed by atoms with E-state index in [1.54, 1.807) is 24.3 Å². The van der Waals surface area contributed by atoms with Gasteiger partial charge in [0.25, 0.3) is 11.8 Å². The number of carbonyl (C=O) groups is 4. The van der Waals surface area contributed by atoms with Crippen molar-refractivity contribution in [2.75, 3.05) is 18.5 Å². The number of hydrogen-bond acceptors (Lipinski definition) is 7. The number of ether oxygens (including phenoxy) is 2. The number of thiophene rings is 1. The highest BCUT2D eigenvalue weighted by atomic mass is 32.1. The Balaban J connectivity index is 1.48. The molecule has 1 aliphatic rings. The van der Waals surface area contributed by atoms with Crippen LogP contribution in [0.2, 0.25) is 0 Å². The Hall–Kier alpha value is -3.20. The molecule has 0 unspecified atom stereocenters. The highest BCUT2D eigenvalue weighted by Gasteiger charge is 2.26. The van der Waals surface area contributed by atoms with Crippen LogP contribution in [0.5, 0.6) is 5.75 Å². The molecule has 3 N–H and O–H groups in total. The van der Waals surface area contributed by atoms with Crippen LogP contribution >= 0.6 is 11.3 Å². The Morgan fingerprint density at radius 1 is 1.14 bits per heavy atom. The zero-order valence-electron chi connectivity index (χ0n) is 14.9. The number of rotatable bonds is 8. The van der Waals surface area contributed by atoms with Crippen molar-refractivity contribution in [2.24, 2.45) is 5.73 Å². The highest BCUT2D eigenvalue weighted by Crippen LogP contribution is 2.38. The molecular formula is C19H18N2O6S. The van der Waals surface area contributed by atoms with Crippen LogP contribution in [0.1, 0.15) is 37.6 Å². The number of amides is 2. The molecule has 1 aromatic carbocycles. The van der Waals surface area contributed by atoms with Gasteiger partial charge in [0.15, 0.2) is 13.2 Å². The van der Waals surface area contributed by atoms with E-state index in [9.17, 15) is 19.2 Å². The summed E-state index contributed by atoms with van der Waals surface area (Å²) in [5, 5.41) is 2.98. The number of nitrogens with one attached hydrogen (secondary N) is 1. The van der Waals surface area contributed by atoms with Crippen molar-refractivity contribution in [1.29, 1.82) is 0 Å². The highest BCUT2D eigenvalue weighted by molar-refractivity contribution is 7.17. The first-order chi connectivity index (χ1) is 13.5.